The Hall–Kier alpha value is -0.780. The van der Waals surface area contributed by atoms with E-state index in [2.05, 4.69) is 0 Å². The minimum atomic E-state index is -4.31. The van der Waals surface area contributed by atoms with E-state index in [0.717, 1.165) is 6.07 Å². The SMILES string of the molecule is [NH]c1ccc(Cl)c(S(=O)(=O)O)c1. The highest BCUT2D eigenvalue weighted by Crippen LogP contribution is 2.23. The molecule has 0 fully saturated rings. The van der Waals surface area contributed by atoms with Crippen molar-refractivity contribution < 1.29 is 13.0 Å². The number of benzene rings is 1. The van der Waals surface area contributed by atoms with Gasteiger partial charge < -0.3 is 5.73 Å². The maximum Gasteiger partial charge on any atom is 0.296 e. The third kappa shape index (κ3) is 1.88. The monoisotopic (exact) mass is 206 g/mol. The Morgan fingerprint density at radius 1 is 1.42 bits per heavy atom. The Bertz CT molecular complexity index is 401. The highest BCUT2D eigenvalue weighted by atomic mass is 35.5. The van der Waals surface area contributed by atoms with E-state index in [1.807, 2.05) is 0 Å². The van der Waals surface area contributed by atoms with Crippen molar-refractivity contribution in [2.45, 2.75) is 4.90 Å². The van der Waals surface area contributed by atoms with Crippen molar-refractivity contribution in [3.05, 3.63) is 23.2 Å². The summed E-state index contributed by atoms with van der Waals surface area (Å²) in [6.45, 7) is 0. The van der Waals surface area contributed by atoms with Crippen LogP contribution in [0, 0.1) is 0 Å². The van der Waals surface area contributed by atoms with Crippen LogP contribution in [0.1, 0.15) is 0 Å². The first kappa shape index (κ1) is 9.31. The molecule has 1 rings (SSSR count). The van der Waals surface area contributed by atoms with Gasteiger partial charge in [0.2, 0.25) is 0 Å². The lowest BCUT2D eigenvalue weighted by atomic mass is 10.3. The maximum atomic E-state index is 10.6. The van der Waals surface area contributed by atoms with Gasteiger partial charge in [-0.3, -0.25) is 4.55 Å². The standard InChI is InChI=1S/C6H5ClNO3S/c7-5-2-1-4(8)3-6(5)12(9,10)11/h1-3,8H,(H,9,10,11). The van der Waals surface area contributed by atoms with E-state index in [1.54, 1.807) is 0 Å². The summed E-state index contributed by atoms with van der Waals surface area (Å²) in [5.74, 6) is 0. The van der Waals surface area contributed by atoms with Gasteiger partial charge in [0.1, 0.15) is 4.90 Å². The van der Waals surface area contributed by atoms with Gasteiger partial charge in [0.25, 0.3) is 10.1 Å². The number of hydrogen-bond donors (Lipinski definition) is 1. The lowest BCUT2D eigenvalue weighted by Crippen LogP contribution is -1.98. The molecule has 1 radical (unpaired) electrons. The zero-order chi connectivity index (χ0) is 9.35. The molecule has 12 heavy (non-hydrogen) atoms. The van der Waals surface area contributed by atoms with Crippen LogP contribution >= 0.6 is 11.6 Å². The summed E-state index contributed by atoms with van der Waals surface area (Å²) in [5.41, 5.74) is 7.06. The van der Waals surface area contributed by atoms with Crippen LogP contribution in [-0.4, -0.2) is 13.0 Å². The molecule has 0 heterocycles. The molecule has 2 N–H and O–H groups in total. The van der Waals surface area contributed by atoms with Crippen LogP contribution in [0.2, 0.25) is 5.02 Å². The van der Waals surface area contributed by atoms with Crippen molar-refractivity contribution in [1.29, 1.82) is 0 Å². The molecule has 0 bridgehead atoms. The molecule has 0 saturated carbocycles. The van der Waals surface area contributed by atoms with E-state index < -0.39 is 15.0 Å². The Kier molecular flexibility index (Phi) is 2.27. The van der Waals surface area contributed by atoms with Crippen molar-refractivity contribution in [3.63, 3.8) is 0 Å². The molecule has 65 valence electrons. The first-order chi connectivity index (χ1) is 5.41. The third-order valence-electron chi connectivity index (χ3n) is 1.21. The Morgan fingerprint density at radius 2 is 2.00 bits per heavy atom. The van der Waals surface area contributed by atoms with Gasteiger partial charge in [-0.1, -0.05) is 11.6 Å². The molecule has 4 nitrogen and oxygen atoms in total. The molecule has 0 aliphatic heterocycles. The Balaban J connectivity index is 3.43. The fourth-order valence-corrected chi connectivity index (χ4v) is 1.70. The van der Waals surface area contributed by atoms with Crippen LogP contribution < -0.4 is 5.73 Å². The second-order valence-corrected chi connectivity index (χ2v) is 3.92. The maximum absolute atomic E-state index is 10.6. The second kappa shape index (κ2) is 2.93. The molecule has 0 amide bonds. The van der Waals surface area contributed by atoms with Crippen LogP contribution in [0.3, 0.4) is 0 Å². The Labute approximate surface area is 74.7 Å². The van der Waals surface area contributed by atoms with Crippen molar-refractivity contribution in [2.75, 3.05) is 0 Å². The van der Waals surface area contributed by atoms with Crippen molar-refractivity contribution in [2.24, 2.45) is 0 Å². The minimum Gasteiger partial charge on any atom is -0.301 e. The third-order valence-corrected chi connectivity index (χ3v) is 2.54. The van der Waals surface area contributed by atoms with Crippen LogP contribution in [0.25, 0.3) is 0 Å². The highest BCUT2D eigenvalue weighted by molar-refractivity contribution is 7.86. The van der Waals surface area contributed by atoms with Crippen LogP contribution in [0.5, 0.6) is 0 Å². The highest BCUT2D eigenvalue weighted by Gasteiger charge is 2.14. The fraction of sp³-hybridized carbons (Fsp3) is 0. The number of nitrogens with one attached hydrogen (secondary N) is 1. The normalized spacial score (nSPS) is 11.5. The van der Waals surface area contributed by atoms with Gasteiger partial charge in [0.05, 0.1) is 10.7 Å². The van der Waals surface area contributed by atoms with Crippen molar-refractivity contribution in [1.82, 2.24) is 5.73 Å². The van der Waals surface area contributed by atoms with Crippen molar-refractivity contribution >= 4 is 27.4 Å². The van der Waals surface area contributed by atoms with Crippen LogP contribution in [0.15, 0.2) is 23.1 Å². The second-order valence-electron chi connectivity index (χ2n) is 2.12. The molecule has 0 atom stereocenters. The predicted octanol–water partition coefficient (Wildman–Crippen LogP) is 1.50. The number of rotatable bonds is 1. The fourth-order valence-electron chi connectivity index (χ4n) is 0.701. The lowest BCUT2D eigenvalue weighted by molar-refractivity contribution is 0.483. The molecule has 0 spiro atoms. The molecular formula is C6H5ClNO3S. The number of halogens is 1. The molecule has 1 aromatic rings. The average molecular weight is 207 g/mol. The summed E-state index contributed by atoms with van der Waals surface area (Å²) >= 11 is 5.46. The van der Waals surface area contributed by atoms with Gasteiger partial charge in [-0.05, 0) is 18.2 Å². The smallest absolute Gasteiger partial charge is 0.296 e. The summed E-state index contributed by atoms with van der Waals surface area (Å²) in [6.07, 6.45) is 0. The molecule has 0 aliphatic rings. The topological polar surface area (TPSA) is 78.2 Å². The number of hydrogen-bond acceptors (Lipinski definition) is 2. The van der Waals surface area contributed by atoms with E-state index in [4.69, 9.17) is 21.9 Å². The lowest BCUT2D eigenvalue weighted by Gasteiger charge is -1.99. The zero-order valence-corrected chi connectivity index (χ0v) is 7.35. The largest absolute Gasteiger partial charge is 0.301 e. The quantitative estimate of drug-likeness (QED) is 0.708. The van der Waals surface area contributed by atoms with E-state index in [-0.39, 0.29) is 10.7 Å². The van der Waals surface area contributed by atoms with Gasteiger partial charge in [-0.25, -0.2) is 0 Å². The zero-order valence-electron chi connectivity index (χ0n) is 5.78. The van der Waals surface area contributed by atoms with Gasteiger partial charge in [-0.15, -0.1) is 0 Å². The first-order valence-corrected chi connectivity index (χ1v) is 4.72. The van der Waals surface area contributed by atoms with Gasteiger partial charge in [0.15, 0.2) is 0 Å². The molecular weight excluding hydrogens is 202 g/mol. The minimum absolute atomic E-state index is 0.0213. The molecule has 0 saturated heterocycles. The van der Waals surface area contributed by atoms with E-state index in [0.29, 0.717) is 0 Å². The summed E-state index contributed by atoms with van der Waals surface area (Å²) in [7, 11) is -4.31. The Morgan fingerprint density at radius 3 is 2.42 bits per heavy atom. The predicted molar refractivity (Wildman–Crippen MR) is 44.0 cm³/mol. The van der Waals surface area contributed by atoms with Crippen LogP contribution in [-0.2, 0) is 10.1 Å². The molecule has 1 aromatic carbocycles. The van der Waals surface area contributed by atoms with E-state index in [9.17, 15) is 8.42 Å². The summed E-state index contributed by atoms with van der Waals surface area (Å²) in [6, 6.07) is 3.56. The summed E-state index contributed by atoms with van der Waals surface area (Å²) < 4.78 is 29.8. The first-order valence-electron chi connectivity index (χ1n) is 2.90. The van der Waals surface area contributed by atoms with Gasteiger partial charge in [-0.2, -0.15) is 8.42 Å². The van der Waals surface area contributed by atoms with E-state index >= 15 is 0 Å². The molecule has 6 heteroatoms. The molecule has 0 aliphatic carbocycles. The van der Waals surface area contributed by atoms with Crippen molar-refractivity contribution in [3.8, 4) is 0 Å². The van der Waals surface area contributed by atoms with Gasteiger partial charge in [0, 0.05) is 0 Å². The molecule has 0 aromatic heterocycles. The molecule has 0 unspecified atom stereocenters. The van der Waals surface area contributed by atoms with Gasteiger partial charge >= 0.3 is 0 Å². The summed E-state index contributed by atoms with van der Waals surface area (Å²) in [4.78, 5) is -0.434. The summed E-state index contributed by atoms with van der Waals surface area (Å²) in [5, 5.41) is -0.0894. The average Bonchev–Trinajstić information content (AvgIpc) is 1.92. The van der Waals surface area contributed by atoms with E-state index in [1.165, 1.54) is 12.1 Å². The van der Waals surface area contributed by atoms with Crippen LogP contribution in [0.4, 0.5) is 5.69 Å².